The maximum Gasteiger partial charge on any atom is 0.293 e. The number of phenols is 1. The quantitative estimate of drug-likeness (QED) is 0.436. The van der Waals surface area contributed by atoms with E-state index in [1.54, 1.807) is 0 Å². The first-order valence-electron chi connectivity index (χ1n) is 8.44. The molecule has 1 aliphatic heterocycles. The van der Waals surface area contributed by atoms with Gasteiger partial charge in [0, 0.05) is 5.56 Å². The Hall–Kier alpha value is -2.18. The second-order valence-electron chi connectivity index (χ2n) is 6.37. The Labute approximate surface area is 185 Å². The maximum absolute atomic E-state index is 12.8. The van der Waals surface area contributed by atoms with Crippen molar-refractivity contribution in [1.29, 1.82) is 0 Å². The summed E-state index contributed by atoms with van der Waals surface area (Å²) >= 11 is 18.9. The fraction of sp³-hybridized carbons (Fsp3) is 0.0476. The summed E-state index contributed by atoms with van der Waals surface area (Å²) in [7, 11) is 0. The average Bonchev–Trinajstić information content (AvgIpc) is 2.97. The maximum atomic E-state index is 12.8. The molecule has 4 rings (SSSR count). The third-order valence-corrected chi connectivity index (χ3v) is 6.38. The first-order valence-corrected chi connectivity index (χ1v) is 10.4. The van der Waals surface area contributed by atoms with Crippen molar-refractivity contribution in [2.45, 2.75) is 6.54 Å². The van der Waals surface area contributed by atoms with Gasteiger partial charge in [-0.1, -0.05) is 71.2 Å². The highest BCUT2D eigenvalue weighted by Gasteiger charge is 2.35. The Kier molecular flexibility index (Phi) is 5.49. The van der Waals surface area contributed by atoms with Crippen molar-refractivity contribution in [2.75, 3.05) is 0 Å². The zero-order chi connectivity index (χ0) is 20.7. The molecule has 0 aliphatic carbocycles. The van der Waals surface area contributed by atoms with Crippen molar-refractivity contribution in [2.24, 2.45) is 0 Å². The number of benzene rings is 3. The number of halogens is 3. The third-order valence-electron chi connectivity index (χ3n) is 4.48. The molecule has 3 aromatic rings. The number of carbonyl (C=O) groups excluding carboxylic acids is 2. The number of thioether (sulfide) groups is 1. The number of aromatic hydroxyl groups is 1. The van der Waals surface area contributed by atoms with Gasteiger partial charge in [-0.25, -0.2) is 0 Å². The van der Waals surface area contributed by atoms with Crippen molar-refractivity contribution in [1.82, 2.24) is 4.90 Å². The lowest BCUT2D eigenvalue weighted by Crippen LogP contribution is -2.27. The van der Waals surface area contributed by atoms with Crippen LogP contribution in [0.4, 0.5) is 4.79 Å². The third kappa shape index (κ3) is 3.83. The first kappa shape index (κ1) is 20.1. The highest BCUT2D eigenvalue weighted by Crippen LogP contribution is 2.42. The van der Waals surface area contributed by atoms with Crippen molar-refractivity contribution < 1.29 is 14.7 Å². The normalized spacial score (nSPS) is 15.7. The van der Waals surface area contributed by atoms with E-state index in [4.69, 9.17) is 34.8 Å². The molecule has 0 aromatic heterocycles. The second-order valence-corrected chi connectivity index (χ2v) is 8.55. The van der Waals surface area contributed by atoms with Crippen molar-refractivity contribution in [3.8, 4) is 5.75 Å². The Morgan fingerprint density at radius 1 is 0.966 bits per heavy atom. The van der Waals surface area contributed by atoms with Crippen LogP contribution in [-0.4, -0.2) is 21.2 Å². The van der Waals surface area contributed by atoms with E-state index in [9.17, 15) is 14.7 Å². The summed E-state index contributed by atoms with van der Waals surface area (Å²) in [4.78, 5) is 26.6. The van der Waals surface area contributed by atoms with Crippen molar-refractivity contribution in [3.63, 3.8) is 0 Å². The van der Waals surface area contributed by atoms with E-state index in [1.165, 1.54) is 12.1 Å². The molecule has 146 valence electrons. The van der Waals surface area contributed by atoms with Crippen LogP contribution in [0.2, 0.25) is 15.1 Å². The number of rotatable bonds is 3. The minimum atomic E-state index is -0.449. The van der Waals surface area contributed by atoms with Crippen molar-refractivity contribution >= 4 is 74.6 Å². The average molecular weight is 465 g/mol. The number of hydrogen-bond donors (Lipinski definition) is 1. The predicted molar refractivity (Wildman–Crippen MR) is 119 cm³/mol. The van der Waals surface area contributed by atoms with Crippen LogP contribution in [0.15, 0.2) is 53.4 Å². The van der Waals surface area contributed by atoms with Gasteiger partial charge in [0.25, 0.3) is 11.1 Å². The van der Waals surface area contributed by atoms with E-state index in [-0.39, 0.29) is 43.1 Å². The molecule has 4 nitrogen and oxygen atoms in total. The number of carbonyl (C=O) groups is 2. The Morgan fingerprint density at radius 3 is 2.45 bits per heavy atom. The van der Waals surface area contributed by atoms with Gasteiger partial charge in [-0.15, -0.1) is 0 Å². The zero-order valence-corrected chi connectivity index (χ0v) is 17.7. The molecule has 1 saturated heterocycles. The second kappa shape index (κ2) is 7.92. The van der Waals surface area contributed by atoms with Gasteiger partial charge < -0.3 is 5.11 Å². The van der Waals surface area contributed by atoms with Gasteiger partial charge in [-0.05, 0) is 46.3 Å². The molecular formula is C21H12Cl3NO3S. The van der Waals surface area contributed by atoms with E-state index in [0.717, 1.165) is 33.0 Å². The largest absolute Gasteiger partial charge is 0.505 e. The molecule has 2 amide bonds. The van der Waals surface area contributed by atoms with E-state index in [1.807, 2.05) is 42.5 Å². The summed E-state index contributed by atoms with van der Waals surface area (Å²) < 4.78 is 0. The lowest BCUT2D eigenvalue weighted by Gasteiger charge is -2.13. The molecule has 0 spiro atoms. The highest BCUT2D eigenvalue weighted by molar-refractivity contribution is 8.18. The molecule has 0 saturated carbocycles. The summed E-state index contributed by atoms with van der Waals surface area (Å²) in [6.07, 6.45) is 1.39. The number of fused-ring (bicyclic) bond motifs is 1. The predicted octanol–water partition coefficient (Wildman–Crippen LogP) is 6.74. The smallest absolute Gasteiger partial charge is 0.293 e. The molecule has 0 radical (unpaired) electrons. The van der Waals surface area contributed by atoms with Crippen LogP contribution in [0.1, 0.15) is 11.1 Å². The fourth-order valence-electron chi connectivity index (χ4n) is 3.01. The summed E-state index contributed by atoms with van der Waals surface area (Å²) in [5, 5.41) is 11.7. The monoisotopic (exact) mass is 463 g/mol. The molecule has 8 heteroatoms. The van der Waals surface area contributed by atoms with Crippen LogP contribution < -0.4 is 0 Å². The van der Waals surface area contributed by atoms with E-state index < -0.39 is 5.91 Å². The molecule has 0 bridgehead atoms. The van der Waals surface area contributed by atoms with Gasteiger partial charge in [-0.2, -0.15) is 0 Å². The van der Waals surface area contributed by atoms with E-state index in [0.29, 0.717) is 0 Å². The lowest BCUT2D eigenvalue weighted by atomic mass is 10.1. The molecule has 3 aromatic carbocycles. The van der Waals surface area contributed by atoms with Crippen molar-refractivity contribution in [3.05, 3.63) is 79.6 Å². The fourth-order valence-corrected chi connectivity index (χ4v) is 4.71. The van der Waals surface area contributed by atoms with Gasteiger partial charge in [0.2, 0.25) is 0 Å². The van der Waals surface area contributed by atoms with Gasteiger partial charge >= 0.3 is 0 Å². The van der Waals surface area contributed by atoms with E-state index >= 15 is 0 Å². The van der Waals surface area contributed by atoms with Crippen LogP contribution in [0.3, 0.4) is 0 Å². The molecular weight excluding hydrogens is 453 g/mol. The number of phenolic OH excluding ortho intramolecular Hbond substituents is 1. The molecule has 1 heterocycles. The number of imide groups is 1. The number of amides is 2. The van der Waals surface area contributed by atoms with Crippen LogP contribution >= 0.6 is 46.6 Å². The molecule has 1 N–H and O–H groups in total. The number of nitrogens with zero attached hydrogens (tertiary/aromatic N) is 1. The Balaban J connectivity index is 1.64. The van der Waals surface area contributed by atoms with Gasteiger partial charge in [0.1, 0.15) is 0 Å². The molecule has 1 aliphatic rings. The standard InChI is InChI=1S/C21H12Cl3NO3S/c22-15-9-16(23)19(26)18(24)14(15)8-17-20(27)25(21(28)29-17)10-11-5-6-12-3-1-2-4-13(12)7-11/h1-9,26H,10H2/b17-8-. The highest BCUT2D eigenvalue weighted by atomic mass is 35.5. The SMILES string of the molecule is O=C1S/C(=C\c2c(Cl)cc(Cl)c(O)c2Cl)C(=O)N1Cc1ccc2ccccc2c1. The lowest BCUT2D eigenvalue weighted by molar-refractivity contribution is -0.123. The minimum Gasteiger partial charge on any atom is -0.505 e. The Morgan fingerprint density at radius 2 is 1.69 bits per heavy atom. The van der Waals surface area contributed by atoms with Gasteiger partial charge in [0.15, 0.2) is 5.75 Å². The summed E-state index contributed by atoms with van der Waals surface area (Å²) in [5.74, 6) is -0.783. The van der Waals surface area contributed by atoms with Crippen LogP contribution in [0.5, 0.6) is 5.75 Å². The van der Waals surface area contributed by atoms with E-state index in [2.05, 4.69) is 0 Å². The summed E-state index contributed by atoms with van der Waals surface area (Å²) in [6, 6.07) is 15.0. The van der Waals surface area contributed by atoms with Crippen LogP contribution in [-0.2, 0) is 11.3 Å². The van der Waals surface area contributed by atoms with Crippen LogP contribution in [0, 0.1) is 0 Å². The molecule has 1 fully saturated rings. The minimum absolute atomic E-state index is 0.00144. The summed E-state index contributed by atoms with van der Waals surface area (Å²) in [6.45, 7) is 0.153. The van der Waals surface area contributed by atoms with Gasteiger partial charge in [0.05, 0.1) is 26.5 Å². The molecule has 0 unspecified atom stereocenters. The van der Waals surface area contributed by atoms with Gasteiger partial charge in [-0.3, -0.25) is 14.5 Å². The molecule has 0 atom stereocenters. The Bertz CT molecular complexity index is 1210. The van der Waals surface area contributed by atoms with Crippen LogP contribution in [0.25, 0.3) is 16.8 Å². The molecule has 29 heavy (non-hydrogen) atoms. The topological polar surface area (TPSA) is 57.6 Å². The first-order chi connectivity index (χ1) is 13.8. The zero-order valence-electron chi connectivity index (χ0n) is 14.7. The number of hydrogen-bond acceptors (Lipinski definition) is 4. The summed E-state index contributed by atoms with van der Waals surface area (Å²) in [5.41, 5.74) is 1.07.